The molecule has 0 radical (unpaired) electrons. The highest BCUT2D eigenvalue weighted by molar-refractivity contribution is 5.96. The number of aromatic nitrogens is 1. The lowest BCUT2D eigenvalue weighted by Crippen LogP contribution is -2.21. The van der Waals surface area contributed by atoms with Crippen LogP contribution in [0.1, 0.15) is 55.4 Å². The van der Waals surface area contributed by atoms with Crippen molar-refractivity contribution in [2.45, 2.75) is 44.9 Å². The number of rotatable bonds is 2. The minimum absolute atomic E-state index is 0.236. The molecule has 1 fully saturated rings. The van der Waals surface area contributed by atoms with Crippen molar-refractivity contribution >= 4 is 22.5 Å². The van der Waals surface area contributed by atoms with E-state index in [1.165, 1.54) is 32.1 Å². The Kier molecular flexibility index (Phi) is 4.78. The zero-order chi connectivity index (χ0) is 15.2. The molecule has 4 nitrogen and oxygen atoms in total. The number of hydrazone groups is 1. The highest BCUT2D eigenvalue weighted by atomic mass is 16.2. The van der Waals surface area contributed by atoms with Crippen LogP contribution in [-0.2, 0) is 0 Å². The number of para-hydroxylation sites is 1. The maximum Gasteiger partial charge on any atom is 0.289 e. The van der Waals surface area contributed by atoms with Crippen molar-refractivity contribution in [3.63, 3.8) is 0 Å². The zero-order valence-corrected chi connectivity index (χ0v) is 12.7. The van der Waals surface area contributed by atoms with Crippen LogP contribution in [0.2, 0.25) is 0 Å². The maximum atomic E-state index is 12.2. The Hall–Kier alpha value is -2.23. The van der Waals surface area contributed by atoms with Crippen LogP contribution in [0.4, 0.5) is 0 Å². The van der Waals surface area contributed by atoms with Gasteiger partial charge >= 0.3 is 0 Å². The van der Waals surface area contributed by atoms with Crippen molar-refractivity contribution in [1.82, 2.24) is 10.4 Å². The summed E-state index contributed by atoms with van der Waals surface area (Å²) in [5.41, 5.74) is 5.01. The Bertz CT molecular complexity index is 684. The van der Waals surface area contributed by atoms with Gasteiger partial charge in [0, 0.05) is 11.1 Å². The van der Waals surface area contributed by atoms with Crippen molar-refractivity contribution < 1.29 is 4.79 Å². The summed E-state index contributed by atoms with van der Waals surface area (Å²) in [6, 6.07) is 11.4. The third-order valence-corrected chi connectivity index (χ3v) is 4.08. The van der Waals surface area contributed by atoms with Crippen molar-refractivity contribution in [3.8, 4) is 0 Å². The molecule has 1 aromatic carbocycles. The lowest BCUT2D eigenvalue weighted by molar-refractivity contribution is 0.0950. The van der Waals surface area contributed by atoms with Gasteiger partial charge in [0.2, 0.25) is 0 Å². The quantitative estimate of drug-likeness (QED) is 0.849. The summed E-state index contributed by atoms with van der Waals surface area (Å²) >= 11 is 0. The van der Waals surface area contributed by atoms with Crippen LogP contribution in [0.25, 0.3) is 10.9 Å². The second-order valence-electron chi connectivity index (χ2n) is 5.78. The van der Waals surface area contributed by atoms with E-state index in [0.717, 1.165) is 29.5 Å². The lowest BCUT2D eigenvalue weighted by atomic mass is 9.99. The fourth-order valence-corrected chi connectivity index (χ4v) is 2.80. The molecule has 1 N–H and O–H groups in total. The van der Waals surface area contributed by atoms with E-state index in [1.54, 1.807) is 6.07 Å². The summed E-state index contributed by atoms with van der Waals surface area (Å²) in [6.45, 7) is 0. The van der Waals surface area contributed by atoms with Crippen LogP contribution in [0.15, 0.2) is 41.5 Å². The van der Waals surface area contributed by atoms with Crippen LogP contribution < -0.4 is 5.43 Å². The SMILES string of the molecule is O=C(NN=C1CCCCCCC1)c1ccc2ccccc2n1. The van der Waals surface area contributed by atoms with Gasteiger partial charge in [0.05, 0.1) is 5.52 Å². The van der Waals surface area contributed by atoms with E-state index in [1.807, 2.05) is 30.3 Å². The van der Waals surface area contributed by atoms with Gasteiger partial charge in [-0.05, 0) is 37.8 Å². The largest absolute Gasteiger partial charge is 0.289 e. The number of nitrogens with zero attached hydrogens (tertiary/aromatic N) is 2. The number of amides is 1. The standard InChI is InChI=1S/C18H21N3O/c22-18(21-20-15-9-4-2-1-3-5-10-15)17-13-12-14-8-6-7-11-16(14)19-17/h6-8,11-13H,1-5,9-10H2,(H,21,22). The first-order valence-corrected chi connectivity index (χ1v) is 8.04. The molecule has 1 aliphatic rings. The molecule has 22 heavy (non-hydrogen) atoms. The molecule has 0 spiro atoms. The van der Waals surface area contributed by atoms with Crippen molar-refractivity contribution in [1.29, 1.82) is 0 Å². The molecule has 114 valence electrons. The molecule has 1 aromatic heterocycles. The lowest BCUT2D eigenvalue weighted by Gasteiger charge is -2.10. The topological polar surface area (TPSA) is 54.4 Å². The Balaban J connectivity index is 1.69. The average molecular weight is 295 g/mol. The normalized spacial score (nSPS) is 15.9. The van der Waals surface area contributed by atoms with E-state index < -0.39 is 0 Å². The Labute approximate surface area is 130 Å². The molecule has 0 atom stereocenters. The van der Waals surface area contributed by atoms with E-state index in [4.69, 9.17) is 0 Å². The third kappa shape index (κ3) is 3.70. The van der Waals surface area contributed by atoms with Crippen molar-refractivity contribution in [2.24, 2.45) is 5.10 Å². The van der Waals surface area contributed by atoms with Gasteiger partial charge in [-0.25, -0.2) is 10.4 Å². The minimum atomic E-state index is -0.236. The molecule has 0 unspecified atom stereocenters. The Morgan fingerprint density at radius 2 is 1.68 bits per heavy atom. The molecule has 0 saturated heterocycles. The molecule has 1 aliphatic carbocycles. The van der Waals surface area contributed by atoms with E-state index in [-0.39, 0.29) is 5.91 Å². The zero-order valence-electron chi connectivity index (χ0n) is 12.7. The van der Waals surface area contributed by atoms with Crippen LogP contribution in [0.3, 0.4) is 0 Å². The highest BCUT2D eigenvalue weighted by Crippen LogP contribution is 2.15. The van der Waals surface area contributed by atoms with Crippen LogP contribution in [-0.4, -0.2) is 16.6 Å². The van der Waals surface area contributed by atoms with Gasteiger partial charge in [0.25, 0.3) is 5.91 Å². The predicted octanol–water partition coefficient (Wildman–Crippen LogP) is 4.06. The van der Waals surface area contributed by atoms with E-state index in [9.17, 15) is 4.79 Å². The Morgan fingerprint density at radius 1 is 0.955 bits per heavy atom. The number of benzene rings is 1. The summed E-state index contributed by atoms with van der Waals surface area (Å²) < 4.78 is 0. The first-order valence-electron chi connectivity index (χ1n) is 8.04. The second-order valence-corrected chi connectivity index (χ2v) is 5.78. The van der Waals surface area contributed by atoms with Crippen LogP contribution in [0, 0.1) is 0 Å². The van der Waals surface area contributed by atoms with E-state index in [0.29, 0.717) is 5.69 Å². The molecule has 4 heteroatoms. The molecule has 1 amide bonds. The van der Waals surface area contributed by atoms with Gasteiger partial charge in [-0.3, -0.25) is 4.79 Å². The van der Waals surface area contributed by atoms with Gasteiger partial charge in [0.15, 0.2) is 0 Å². The van der Waals surface area contributed by atoms with Crippen molar-refractivity contribution in [2.75, 3.05) is 0 Å². The van der Waals surface area contributed by atoms with Gasteiger partial charge in [-0.2, -0.15) is 5.10 Å². The summed E-state index contributed by atoms with van der Waals surface area (Å²) in [5.74, 6) is -0.236. The van der Waals surface area contributed by atoms with Gasteiger partial charge in [0.1, 0.15) is 5.69 Å². The van der Waals surface area contributed by atoms with E-state index in [2.05, 4.69) is 15.5 Å². The molecular weight excluding hydrogens is 274 g/mol. The Morgan fingerprint density at radius 3 is 2.50 bits per heavy atom. The van der Waals surface area contributed by atoms with Gasteiger partial charge in [-0.15, -0.1) is 0 Å². The number of carbonyl (C=O) groups excluding carboxylic acids is 1. The van der Waals surface area contributed by atoms with Crippen LogP contribution >= 0.6 is 0 Å². The first kappa shape index (κ1) is 14.7. The second kappa shape index (κ2) is 7.16. The van der Waals surface area contributed by atoms with Crippen molar-refractivity contribution in [3.05, 3.63) is 42.1 Å². The third-order valence-electron chi connectivity index (χ3n) is 4.08. The fourth-order valence-electron chi connectivity index (χ4n) is 2.80. The van der Waals surface area contributed by atoms with Gasteiger partial charge in [-0.1, -0.05) is 43.5 Å². The first-order chi connectivity index (χ1) is 10.8. The molecule has 0 bridgehead atoms. The summed E-state index contributed by atoms with van der Waals surface area (Å²) in [4.78, 5) is 16.6. The molecular formula is C18H21N3O. The molecule has 1 saturated carbocycles. The number of nitrogens with one attached hydrogen (secondary N) is 1. The monoisotopic (exact) mass is 295 g/mol. The number of carbonyl (C=O) groups is 1. The number of hydrogen-bond donors (Lipinski definition) is 1. The number of fused-ring (bicyclic) bond motifs is 1. The van der Waals surface area contributed by atoms with Crippen LogP contribution in [0.5, 0.6) is 0 Å². The summed E-state index contributed by atoms with van der Waals surface area (Å²) in [7, 11) is 0. The maximum absolute atomic E-state index is 12.2. The predicted molar refractivity (Wildman–Crippen MR) is 89.0 cm³/mol. The van der Waals surface area contributed by atoms with Gasteiger partial charge < -0.3 is 0 Å². The average Bonchev–Trinajstić information content (AvgIpc) is 2.53. The smallest absolute Gasteiger partial charge is 0.266 e. The highest BCUT2D eigenvalue weighted by Gasteiger charge is 2.09. The summed E-state index contributed by atoms with van der Waals surface area (Å²) in [6.07, 6.45) is 8.17. The fraction of sp³-hybridized carbons (Fsp3) is 0.389. The molecule has 3 rings (SSSR count). The molecule has 1 heterocycles. The molecule has 0 aliphatic heterocycles. The van der Waals surface area contributed by atoms with E-state index >= 15 is 0 Å². The summed E-state index contributed by atoms with van der Waals surface area (Å²) in [5, 5.41) is 5.35. The molecule has 2 aromatic rings. The number of pyridine rings is 1. The number of hydrogen-bond acceptors (Lipinski definition) is 3. The minimum Gasteiger partial charge on any atom is -0.266 e.